The highest BCUT2D eigenvalue weighted by molar-refractivity contribution is 7.24. The van der Waals surface area contributed by atoms with Gasteiger partial charge in [-0.2, -0.15) is 0 Å². The van der Waals surface area contributed by atoms with Crippen LogP contribution in [-0.2, 0) is 5.41 Å². The molecular weight excluding hydrogens is 583 g/mol. The lowest BCUT2D eigenvalue weighted by molar-refractivity contribution is 0.530. The number of nitrogens with zero attached hydrogens (tertiary/aromatic N) is 1. The largest absolute Gasteiger partial charge is 0.310 e. The lowest BCUT2D eigenvalue weighted by Crippen LogP contribution is -2.70. The maximum Gasteiger partial charge on any atom is 0.182 e. The standard InChI is InChI=1S/C45H33NSi/c1-2-14-31-28-43-36(27-30(31)13-1)35-24-23-32(29-44(35)47(43)41-21-9-3-15-33(41)34-16-4-10-22-42(34)47)46-39-19-7-5-17-37(39)45(25-11-12-26-45)38-18-6-8-20-40(38)46/h1-10,13-24,27-29H,11-12,25-26H2. The molecule has 1 fully saturated rings. The van der Waals surface area contributed by atoms with Gasteiger partial charge < -0.3 is 4.90 Å². The Bertz CT molecular complexity index is 2350. The molecule has 2 spiro atoms. The first kappa shape index (κ1) is 25.9. The summed E-state index contributed by atoms with van der Waals surface area (Å²) in [5.41, 5.74) is 12.7. The van der Waals surface area contributed by atoms with E-state index in [0.717, 1.165) is 0 Å². The fourth-order valence-corrected chi connectivity index (χ4v) is 15.8. The molecule has 47 heavy (non-hydrogen) atoms. The Morgan fingerprint density at radius 2 is 0.936 bits per heavy atom. The highest BCUT2D eigenvalue weighted by atomic mass is 28.3. The van der Waals surface area contributed by atoms with E-state index in [-0.39, 0.29) is 5.41 Å². The Morgan fingerprint density at radius 1 is 0.426 bits per heavy atom. The van der Waals surface area contributed by atoms with Crippen molar-refractivity contribution in [3.8, 4) is 22.3 Å². The Balaban J connectivity index is 1.23. The smallest absolute Gasteiger partial charge is 0.182 e. The van der Waals surface area contributed by atoms with Crippen molar-refractivity contribution in [3.63, 3.8) is 0 Å². The number of rotatable bonds is 1. The second kappa shape index (κ2) is 9.21. The molecule has 2 heteroatoms. The van der Waals surface area contributed by atoms with Crippen molar-refractivity contribution < 1.29 is 0 Å². The minimum atomic E-state index is -2.61. The minimum Gasteiger partial charge on any atom is -0.310 e. The van der Waals surface area contributed by atoms with Crippen molar-refractivity contribution in [1.29, 1.82) is 0 Å². The van der Waals surface area contributed by atoms with E-state index in [0.29, 0.717) is 0 Å². The van der Waals surface area contributed by atoms with Crippen LogP contribution >= 0.6 is 0 Å². The molecule has 222 valence electrons. The van der Waals surface area contributed by atoms with Gasteiger partial charge in [0.2, 0.25) is 0 Å². The fourth-order valence-electron chi connectivity index (χ4n) is 10.2. The minimum absolute atomic E-state index is 0.107. The monoisotopic (exact) mass is 615 g/mol. The number of anilines is 3. The second-order valence-corrected chi connectivity index (χ2v) is 17.6. The molecule has 0 aromatic heterocycles. The topological polar surface area (TPSA) is 3.24 Å². The van der Waals surface area contributed by atoms with Gasteiger partial charge in [0.05, 0.1) is 11.4 Å². The average Bonchev–Trinajstić information content (AvgIpc) is 3.81. The van der Waals surface area contributed by atoms with Gasteiger partial charge in [-0.25, -0.2) is 0 Å². The molecule has 3 aliphatic heterocycles. The number of fused-ring (bicyclic) bond motifs is 15. The number of benzene rings is 7. The number of para-hydroxylation sites is 2. The van der Waals surface area contributed by atoms with Crippen molar-refractivity contribution in [2.45, 2.75) is 31.1 Å². The normalized spacial score (nSPS) is 16.9. The van der Waals surface area contributed by atoms with E-state index in [1.807, 2.05) is 0 Å². The summed E-state index contributed by atoms with van der Waals surface area (Å²) in [6, 6.07) is 58.5. The molecule has 0 N–H and O–H groups in total. The Morgan fingerprint density at radius 3 is 1.60 bits per heavy atom. The van der Waals surface area contributed by atoms with E-state index in [2.05, 4.69) is 157 Å². The summed E-state index contributed by atoms with van der Waals surface area (Å²) in [5, 5.41) is 8.75. The van der Waals surface area contributed by atoms with Crippen LogP contribution in [0.2, 0.25) is 0 Å². The van der Waals surface area contributed by atoms with Crippen molar-refractivity contribution in [2.24, 2.45) is 0 Å². The van der Waals surface area contributed by atoms with Gasteiger partial charge in [-0.05, 0) is 108 Å². The predicted molar refractivity (Wildman–Crippen MR) is 199 cm³/mol. The first-order valence-electron chi connectivity index (χ1n) is 17.2. The molecule has 0 unspecified atom stereocenters. The molecule has 1 nitrogen and oxygen atoms in total. The average molecular weight is 616 g/mol. The molecule has 7 aromatic carbocycles. The maximum atomic E-state index is 2.60. The summed E-state index contributed by atoms with van der Waals surface area (Å²) in [6.45, 7) is 0. The molecule has 0 bridgehead atoms. The highest BCUT2D eigenvalue weighted by Gasteiger charge is 2.54. The van der Waals surface area contributed by atoms with Crippen LogP contribution in [0.3, 0.4) is 0 Å². The third kappa shape index (κ3) is 3.15. The van der Waals surface area contributed by atoms with E-state index in [1.165, 1.54) is 108 Å². The first-order chi connectivity index (χ1) is 23.3. The summed E-state index contributed by atoms with van der Waals surface area (Å²) in [5.74, 6) is 0. The number of hydrogen-bond acceptors (Lipinski definition) is 1. The van der Waals surface area contributed by atoms with Crippen LogP contribution in [0.5, 0.6) is 0 Å². The van der Waals surface area contributed by atoms with Gasteiger partial charge in [0, 0.05) is 11.1 Å². The van der Waals surface area contributed by atoms with Gasteiger partial charge in [0.25, 0.3) is 0 Å². The maximum absolute atomic E-state index is 2.61. The third-order valence-corrected chi connectivity index (χ3v) is 16.9. The fraction of sp³-hybridized carbons (Fsp3) is 0.111. The highest BCUT2D eigenvalue weighted by Crippen LogP contribution is 2.58. The summed E-state index contributed by atoms with van der Waals surface area (Å²) < 4.78 is 0. The third-order valence-electron chi connectivity index (χ3n) is 12.0. The van der Waals surface area contributed by atoms with Gasteiger partial charge in [-0.3, -0.25) is 0 Å². The molecule has 3 heterocycles. The van der Waals surface area contributed by atoms with Crippen LogP contribution in [0.15, 0.2) is 152 Å². The van der Waals surface area contributed by atoms with Crippen molar-refractivity contribution >= 4 is 56.7 Å². The molecular formula is C45H33NSi. The van der Waals surface area contributed by atoms with E-state index in [4.69, 9.17) is 0 Å². The van der Waals surface area contributed by atoms with E-state index >= 15 is 0 Å². The quantitative estimate of drug-likeness (QED) is 0.167. The molecule has 4 aliphatic rings. The molecule has 0 atom stereocenters. The second-order valence-electron chi connectivity index (χ2n) is 14.0. The molecule has 0 radical (unpaired) electrons. The summed E-state index contributed by atoms with van der Waals surface area (Å²) in [6.07, 6.45) is 5.04. The zero-order chi connectivity index (χ0) is 30.7. The van der Waals surface area contributed by atoms with Gasteiger partial charge in [0.1, 0.15) is 0 Å². The van der Waals surface area contributed by atoms with E-state index in [1.54, 1.807) is 0 Å². The Hall–Kier alpha value is -5.18. The SMILES string of the molecule is c1ccc2c(c1)-c1ccccc1[Si]21c2cc(N3c4ccccc4C4(CCCC4)c4ccccc43)ccc2-c2cc3ccccc3cc21. The van der Waals surface area contributed by atoms with Crippen LogP contribution in [-0.4, -0.2) is 8.07 Å². The molecule has 0 saturated heterocycles. The van der Waals surface area contributed by atoms with Crippen molar-refractivity contribution in [1.82, 2.24) is 0 Å². The Kier molecular flexibility index (Phi) is 5.09. The van der Waals surface area contributed by atoms with Crippen LogP contribution in [0.1, 0.15) is 36.8 Å². The lowest BCUT2D eigenvalue weighted by Gasteiger charge is -2.44. The summed E-state index contributed by atoms with van der Waals surface area (Å²) >= 11 is 0. The molecule has 1 saturated carbocycles. The number of hydrogen-bond donors (Lipinski definition) is 0. The van der Waals surface area contributed by atoms with E-state index < -0.39 is 8.07 Å². The van der Waals surface area contributed by atoms with Crippen LogP contribution in [0.4, 0.5) is 17.1 Å². The zero-order valence-electron chi connectivity index (χ0n) is 26.2. The zero-order valence-corrected chi connectivity index (χ0v) is 27.2. The Labute approximate surface area is 276 Å². The van der Waals surface area contributed by atoms with Crippen LogP contribution in [0, 0.1) is 0 Å². The molecule has 1 aliphatic carbocycles. The summed E-state index contributed by atoms with van der Waals surface area (Å²) in [4.78, 5) is 2.59. The molecule has 11 rings (SSSR count). The van der Waals surface area contributed by atoms with Gasteiger partial charge in [0.15, 0.2) is 8.07 Å². The van der Waals surface area contributed by atoms with Crippen molar-refractivity contribution in [2.75, 3.05) is 4.90 Å². The van der Waals surface area contributed by atoms with Gasteiger partial charge >= 0.3 is 0 Å². The van der Waals surface area contributed by atoms with Crippen molar-refractivity contribution in [3.05, 3.63) is 163 Å². The molecule has 7 aromatic rings. The van der Waals surface area contributed by atoms with Gasteiger partial charge in [-0.1, -0.05) is 134 Å². The lowest BCUT2D eigenvalue weighted by atomic mass is 9.69. The van der Waals surface area contributed by atoms with Crippen LogP contribution in [0.25, 0.3) is 33.0 Å². The first-order valence-corrected chi connectivity index (χ1v) is 19.2. The van der Waals surface area contributed by atoms with E-state index in [9.17, 15) is 0 Å². The molecule has 0 amide bonds. The van der Waals surface area contributed by atoms with Crippen LogP contribution < -0.4 is 25.6 Å². The predicted octanol–water partition coefficient (Wildman–Crippen LogP) is 8.82. The summed E-state index contributed by atoms with van der Waals surface area (Å²) in [7, 11) is -2.61. The van der Waals surface area contributed by atoms with Gasteiger partial charge in [-0.15, -0.1) is 0 Å².